The lowest BCUT2D eigenvalue weighted by Crippen LogP contribution is -2.42. The zero-order valence-electron chi connectivity index (χ0n) is 15.9. The average Bonchev–Trinajstić information content (AvgIpc) is 3.16. The molecule has 2 aromatic heterocycles. The fourth-order valence-electron chi connectivity index (χ4n) is 4.04. The maximum absolute atomic E-state index is 12.8. The Labute approximate surface area is 167 Å². The lowest BCUT2D eigenvalue weighted by molar-refractivity contribution is 0.0715. The Kier molecular flexibility index (Phi) is 4.21. The number of nitrogens with one attached hydrogen (secondary N) is 2. The van der Waals surface area contributed by atoms with Crippen LogP contribution in [0.1, 0.15) is 23.2 Å². The molecule has 4 N–H and O–H groups in total. The average molecular weight is 386 g/mol. The number of carbonyl (C=O) groups is 1. The minimum atomic E-state index is -0.142. The van der Waals surface area contributed by atoms with Gasteiger partial charge in [-0.3, -0.25) is 9.59 Å². The number of benzene rings is 2. The molecule has 0 bridgehead atoms. The summed E-state index contributed by atoms with van der Waals surface area (Å²) in [7, 11) is 0. The summed E-state index contributed by atoms with van der Waals surface area (Å²) in [6, 6.07) is 17.3. The first-order chi connectivity index (χ1) is 14.1. The fraction of sp³-hybridized carbons (Fsp3) is 0.217. The number of likely N-dealkylation sites (tertiary alicyclic amines) is 1. The number of piperidine rings is 1. The molecule has 3 heterocycles. The van der Waals surface area contributed by atoms with Crippen molar-refractivity contribution in [1.29, 1.82) is 0 Å². The molecule has 0 saturated carbocycles. The van der Waals surface area contributed by atoms with Gasteiger partial charge in [0, 0.05) is 41.1 Å². The summed E-state index contributed by atoms with van der Waals surface area (Å²) in [6.07, 6.45) is 1.68. The number of aromatic amines is 2. The van der Waals surface area contributed by atoms with Gasteiger partial charge in [-0.15, -0.1) is 0 Å². The number of amides is 1. The lowest BCUT2D eigenvalue weighted by atomic mass is 10.0. The van der Waals surface area contributed by atoms with Crippen molar-refractivity contribution in [2.75, 3.05) is 13.1 Å². The highest BCUT2D eigenvalue weighted by atomic mass is 16.2. The normalized spacial score (nSPS) is 15.3. The maximum atomic E-state index is 12.8. The number of fused-ring (bicyclic) bond motifs is 2. The van der Waals surface area contributed by atoms with E-state index in [1.54, 1.807) is 0 Å². The number of pyridine rings is 1. The summed E-state index contributed by atoms with van der Waals surface area (Å²) in [5.74, 6) is 0.0325. The second-order valence-electron chi connectivity index (χ2n) is 7.71. The Hall–Kier alpha value is -3.38. The Bertz CT molecular complexity index is 1280. The second kappa shape index (κ2) is 6.90. The molecule has 0 radical (unpaired) electrons. The molecule has 0 aliphatic carbocycles. The summed E-state index contributed by atoms with van der Waals surface area (Å²) < 4.78 is 0. The predicted octanol–water partition coefficient (Wildman–Crippen LogP) is 3.24. The number of nitrogens with zero attached hydrogens (tertiary/aromatic N) is 1. The fourth-order valence-corrected chi connectivity index (χ4v) is 4.04. The van der Waals surface area contributed by atoms with Crippen LogP contribution in [0.3, 0.4) is 0 Å². The van der Waals surface area contributed by atoms with Crippen molar-refractivity contribution in [3.05, 3.63) is 70.5 Å². The number of hydrogen-bond donors (Lipinski definition) is 3. The van der Waals surface area contributed by atoms with Crippen molar-refractivity contribution in [3.63, 3.8) is 0 Å². The second-order valence-corrected chi connectivity index (χ2v) is 7.71. The molecular formula is C23H22N4O2. The highest BCUT2D eigenvalue weighted by Gasteiger charge is 2.22. The molecule has 4 aromatic rings. The highest BCUT2D eigenvalue weighted by molar-refractivity contribution is 5.99. The molecule has 1 amide bonds. The van der Waals surface area contributed by atoms with Crippen LogP contribution in [0.15, 0.2) is 59.4 Å². The smallest absolute Gasteiger partial charge is 0.257 e. The first-order valence-corrected chi connectivity index (χ1v) is 9.88. The topological polar surface area (TPSA) is 95.0 Å². The van der Waals surface area contributed by atoms with Crippen LogP contribution in [0.5, 0.6) is 0 Å². The van der Waals surface area contributed by atoms with Crippen molar-refractivity contribution in [3.8, 4) is 11.3 Å². The van der Waals surface area contributed by atoms with Crippen molar-refractivity contribution in [2.24, 2.45) is 5.73 Å². The van der Waals surface area contributed by atoms with E-state index in [4.69, 9.17) is 5.73 Å². The minimum Gasteiger partial charge on any atom is -0.354 e. The van der Waals surface area contributed by atoms with Crippen molar-refractivity contribution in [1.82, 2.24) is 14.9 Å². The maximum Gasteiger partial charge on any atom is 0.257 e. The van der Waals surface area contributed by atoms with Crippen LogP contribution in [0, 0.1) is 0 Å². The standard InChI is InChI=1S/C23H22N4O2/c24-17-7-9-27(10-8-17)23(29)15-5-6-20-16(11-15)13-21(25-20)18-12-14-3-1-2-4-19(14)26-22(18)28/h1-6,11-13,17,25H,7-10,24H2,(H,26,28). The predicted molar refractivity (Wildman–Crippen MR) is 115 cm³/mol. The Morgan fingerprint density at radius 1 is 0.931 bits per heavy atom. The molecule has 1 aliphatic heterocycles. The number of nitrogens with two attached hydrogens (primary N) is 1. The van der Waals surface area contributed by atoms with Crippen molar-refractivity contribution < 1.29 is 4.79 Å². The van der Waals surface area contributed by atoms with Gasteiger partial charge >= 0.3 is 0 Å². The monoisotopic (exact) mass is 386 g/mol. The van der Waals surface area contributed by atoms with Gasteiger partial charge in [0.2, 0.25) is 0 Å². The Balaban J connectivity index is 1.51. The molecule has 0 spiro atoms. The zero-order chi connectivity index (χ0) is 20.0. The van der Waals surface area contributed by atoms with E-state index in [2.05, 4.69) is 9.97 Å². The number of aromatic nitrogens is 2. The first-order valence-electron chi connectivity index (χ1n) is 9.88. The van der Waals surface area contributed by atoms with Gasteiger partial charge in [-0.1, -0.05) is 18.2 Å². The molecule has 6 heteroatoms. The number of carbonyl (C=O) groups excluding carboxylic acids is 1. The molecule has 146 valence electrons. The SMILES string of the molecule is NC1CCN(C(=O)c2ccc3[nH]c(-c4cc5ccccc5[nH]c4=O)cc3c2)CC1. The molecule has 1 saturated heterocycles. The van der Waals surface area contributed by atoms with Crippen LogP contribution >= 0.6 is 0 Å². The Morgan fingerprint density at radius 3 is 2.52 bits per heavy atom. The third-order valence-corrected chi connectivity index (χ3v) is 5.74. The van der Waals surface area contributed by atoms with Crippen LogP contribution in [-0.2, 0) is 0 Å². The molecule has 5 rings (SSSR count). The van der Waals surface area contributed by atoms with E-state index in [1.807, 2.05) is 59.5 Å². The van der Waals surface area contributed by atoms with Gasteiger partial charge in [0.25, 0.3) is 11.5 Å². The highest BCUT2D eigenvalue weighted by Crippen LogP contribution is 2.25. The van der Waals surface area contributed by atoms with Gasteiger partial charge in [-0.25, -0.2) is 0 Å². The van der Waals surface area contributed by atoms with Crippen molar-refractivity contribution in [2.45, 2.75) is 18.9 Å². The molecular weight excluding hydrogens is 364 g/mol. The number of hydrogen-bond acceptors (Lipinski definition) is 3. The third kappa shape index (κ3) is 3.21. The van der Waals surface area contributed by atoms with Gasteiger partial charge in [-0.2, -0.15) is 0 Å². The molecule has 0 unspecified atom stereocenters. The van der Waals surface area contributed by atoms with Crippen LogP contribution < -0.4 is 11.3 Å². The van der Waals surface area contributed by atoms with Crippen LogP contribution in [0.2, 0.25) is 0 Å². The first kappa shape index (κ1) is 17.7. The van der Waals surface area contributed by atoms with E-state index in [1.165, 1.54) is 0 Å². The lowest BCUT2D eigenvalue weighted by Gasteiger charge is -2.30. The summed E-state index contributed by atoms with van der Waals surface area (Å²) in [6.45, 7) is 1.39. The molecule has 0 atom stereocenters. The van der Waals surface area contributed by atoms with Gasteiger partial charge < -0.3 is 20.6 Å². The molecule has 1 aliphatic rings. The summed E-state index contributed by atoms with van der Waals surface area (Å²) in [5.41, 5.74) is 9.48. The molecule has 29 heavy (non-hydrogen) atoms. The van der Waals surface area contributed by atoms with Gasteiger partial charge in [0.1, 0.15) is 0 Å². The van der Waals surface area contributed by atoms with E-state index in [0.717, 1.165) is 40.3 Å². The van der Waals surface area contributed by atoms with E-state index in [-0.39, 0.29) is 17.5 Å². The third-order valence-electron chi connectivity index (χ3n) is 5.74. The molecule has 6 nitrogen and oxygen atoms in total. The van der Waals surface area contributed by atoms with Gasteiger partial charge in [-0.05, 0) is 54.6 Å². The largest absolute Gasteiger partial charge is 0.354 e. The number of H-pyrrole nitrogens is 2. The number of para-hydroxylation sites is 1. The van der Waals surface area contributed by atoms with E-state index >= 15 is 0 Å². The van der Waals surface area contributed by atoms with Crippen LogP contribution in [-0.4, -0.2) is 39.9 Å². The van der Waals surface area contributed by atoms with Crippen molar-refractivity contribution >= 4 is 27.7 Å². The molecule has 1 fully saturated rings. The minimum absolute atomic E-state index is 0.0325. The molecule has 2 aromatic carbocycles. The summed E-state index contributed by atoms with van der Waals surface area (Å²) in [5, 5.41) is 1.88. The van der Waals surface area contributed by atoms with E-state index < -0.39 is 0 Å². The quantitative estimate of drug-likeness (QED) is 0.494. The van der Waals surface area contributed by atoms with Crippen LogP contribution in [0.4, 0.5) is 0 Å². The van der Waals surface area contributed by atoms with E-state index in [9.17, 15) is 9.59 Å². The Morgan fingerprint density at radius 2 is 1.69 bits per heavy atom. The van der Waals surface area contributed by atoms with E-state index in [0.29, 0.717) is 24.2 Å². The van der Waals surface area contributed by atoms with Gasteiger partial charge in [0.05, 0.1) is 11.3 Å². The summed E-state index contributed by atoms with van der Waals surface area (Å²) >= 11 is 0. The van der Waals surface area contributed by atoms with Gasteiger partial charge in [0.15, 0.2) is 0 Å². The zero-order valence-corrected chi connectivity index (χ0v) is 15.9. The summed E-state index contributed by atoms with van der Waals surface area (Å²) in [4.78, 5) is 33.5. The van der Waals surface area contributed by atoms with Crippen LogP contribution in [0.25, 0.3) is 33.1 Å². The number of rotatable bonds is 2.